The average Bonchev–Trinajstić information content (AvgIpc) is 2.46. The Labute approximate surface area is 123 Å². The summed E-state index contributed by atoms with van der Waals surface area (Å²) in [7, 11) is 0. The summed E-state index contributed by atoms with van der Waals surface area (Å²) in [6.07, 6.45) is 2.41. The highest BCUT2D eigenvalue weighted by Crippen LogP contribution is 2.07. The number of amides is 2. The first-order chi connectivity index (χ1) is 10.0. The van der Waals surface area contributed by atoms with E-state index in [2.05, 4.69) is 25.8 Å². The van der Waals surface area contributed by atoms with Gasteiger partial charge in [-0.05, 0) is 19.3 Å². The lowest BCUT2D eigenvalue weighted by molar-refractivity contribution is -0.139. The van der Waals surface area contributed by atoms with Crippen LogP contribution in [0.3, 0.4) is 0 Å². The number of hydrogen-bond donors (Lipinski definition) is 3. The number of carbonyl (C=O) groups is 2. The normalized spacial score (nSPS) is 11.8. The second kappa shape index (κ2) is 8.13. The Morgan fingerprint density at radius 3 is 2.33 bits per heavy atom. The van der Waals surface area contributed by atoms with E-state index in [1.54, 1.807) is 0 Å². The van der Waals surface area contributed by atoms with Gasteiger partial charge in [-0.2, -0.15) is 0 Å². The summed E-state index contributed by atoms with van der Waals surface area (Å²) in [5, 5.41) is 21.6. The molecule has 0 saturated carbocycles. The smallest absolute Gasteiger partial charge is 0.326 e. The monoisotopic (exact) mass is 295 g/mol. The van der Waals surface area contributed by atoms with Gasteiger partial charge >= 0.3 is 12.0 Å². The standard InChI is InChI=1S/C13H21N5O3/c1-4-7-10(11(19)20)15-13(21)16-12-14-8(5-2)9(6-3)17-18-12/h10H,4-7H2,1-3H3,(H,19,20)(H2,14,15,16,18,21)/t10-/m0/s1. The molecule has 0 spiro atoms. The highest BCUT2D eigenvalue weighted by atomic mass is 16.4. The fourth-order valence-corrected chi connectivity index (χ4v) is 1.83. The third-order valence-corrected chi connectivity index (χ3v) is 2.92. The highest BCUT2D eigenvalue weighted by Gasteiger charge is 2.19. The van der Waals surface area contributed by atoms with E-state index in [0.717, 1.165) is 11.4 Å². The third-order valence-electron chi connectivity index (χ3n) is 2.92. The summed E-state index contributed by atoms with van der Waals surface area (Å²) in [6, 6.07) is -1.58. The van der Waals surface area contributed by atoms with Crippen LogP contribution < -0.4 is 10.6 Å². The van der Waals surface area contributed by atoms with Crippen LogP contribution in [0, 0.1) is 0 Å². The van der Waals surface area contributed by atoms with Crippen molar-refractivity contribution in [1.29, 1.82) is 0 Å². The molecule has 116 valence electrons. The van der Waals surface area contributed by atoms with Crippen LogP contribution in [-0.2, 0) is 17.6 Å². The van der Waals surface area contributed by atoms with Crippen LogP contribution in [0.25, 0.3) is 0 Å². The zero-order valence-corrected chi connectivity index (χ0v) is 12.5. The Morgan fingerprint density at radius 2 is 1.81 bits per heavy atom. The number of carboxylic acids is 1. The van der Waals surface area contributed by atoms with Crippen molar-refractivity contribution >= 4 is 17.9 Å². The average molecular weight is 295 g/mol. The molecule has 0 bridgehead atoms. The van der Waals surface area contributed by atoms with Gasteiger partial charge in [0.1, 0.15) is 6.04 Å². The quantitative estimate of drug-likeness (QED) is 0.699. The van der Waals surface area contributed by atoms with Gasteiger partial charge in [-0.1, -0.05) is 27.2 Å². The van der Waals surface area contributed by atoms with Crippen LogP contribution in [-0.4, -0.2) is 38.3 Å². The van der Waals surface area contributed by atoms with Crippen LogP contribution in [0.4, 0.5) is 10.7 Å². The number of urea groups is 1. The molecule has 8 nitrogen and oxygen atoms in total. The minimum absolute atomic E-state index is 0.0715. The first-order valence-electron chi connectivity index (χ1n) is 7.04. The van der Waals surface area contributed by atoms with Gasteiger partial charge in [0.15, 0.2) is 0 Å². The number of anilines is 1. The van der Waals surface area contributed by atoms with Gasteiger partial charge in [0.2, 0.25) is 0 Å². The van der Waals surface area contributed by atoms with Crippen LogP contribution in [0.15, 0.2) is 0 Å². The number of carbonyl (C=O) groups excluding carboxylic acids is 1. The van der Waals surface area contributed by atoms with Crippen molar-refractivity contribution in [3.63, 3.8) is 0 Å². The molecule has 0 unspecified atom stereocenters. The molecule has 0 aliphatic rings. The van der Waals surface area contributed by atoms with Gasteiger partial charge in [0.25, 0.3) is 5.95 Å². The van der Waals surface area contributed by atoms with Crippen molar-refractivity contribution in [2.24, 2.45) is 0 Å². The molecular weight excluding hydrogens is 274 g/mol. The summed E-state index contributed by atoms with van der Waals surface area (Å²) >= 11 is 0. The number of aryl methyl sites for hydroxylation is 2. The Bertz CT molecular complexity index is 507. The van der Waals surface area contributed by atoms with Crippen LogP contribution in [0.5, 0.6) is 0 Å². The summed E-state index contributed by atoms with van der Waals surface area (Å²) in [5.74, 6) is -0.996. The number of rotatable bonds is 7. The molecule has 0 aliphatic heterocycles. The molecule has 0 fully saturated rings. The molecule has 2 amide bonds. The maximum Gasteiger partial charge on any atom is 0.326 e. The second-order valence-electron chi connectivity index (χ2n) is 4.51. The minimum Gasteiger partial charge on any atom is -0.480 e. The van der Waals surface area contributed by atoms with Gasteiger partial charge in [-0.3, -0.25) is 5.32 Å². The third kappa shape index (κ3) is 4.97. The minimum atomic E-state index is -1.07. The molecule has 0 aliphatic carbocycles. The van der Waals surface area contributed by atoms with Crippen molar-refractivity contribution in [2.45, 2.75) is 52.5 Å². The van der Waals surface area contributed by atoms with Crippen molar-refractivity contribution < 1.29 is 14.7 Å². The fourth-order valence-electron chi connectivity index (χ4n) is 1.83. The van der Waals surface area contributed by atoms with E-state index in [4.69, 9.17) is 5.11 Å². The van der Waals surface area contributed by atoms with Crippen molar-refractivity contribution in [1.82, 2.24) is 20.5 Å². The number of carboxylic acid groups (broad SMARTS) is 1. The lowest BCUT2D eigenvalue weighted by Crippen LogP contribution is -2.43. The molecule has 8 heteroatoms. The lowest BCUT2D eigenvalue weighted by Gasteiger charge is -2.13. The predicted molar refractivity (Wildman–Crippen MR) is 77.1 cm³/mol. The van der Waals surface area contributed by atoms with Crippen molar-refractivity contribution in [2.75, 3.05) is 5.32 Å². The number of aliphatic carboxylic acids is 1. The van der Waals surface area contributed by atoms with Crippen LogP contribution in [0.2, 0.25) is 0 Å². The van der Waals surface area contributed by atoms with E-state index < -0.39 is 18.0 Å². The first kappa shape index (κ1) is 16.8. The van der Waals surface area contributed by atoms with Crippen molar-refractivity contribution in [3.8, 4) is 0 Å². The SMILES string of the molecule is CCC[C@H](NC(=O)Nc1nnc(CC)c(CC)n1)C(=O)O. The molecule has 3 N–H and O–H groups in total. The van der Waals surface area contributed by atoms with E-state index in [0.29, 0.717) is 25.7 Å². The topological polar surface area (TPSA) is 117 Å². The van der Waals surface area contributed by atoms with E-state index in [-0.39, 0.29) is 5.95 Å². The number of nitrogens with zero attached hydrogens (tertiary/aromatic N) is 3. The molecule has 0 aromatic carbocycles. The van der Waals surface area contributed by atoms with E-state index in [1.807, 2.05) is 20.8 Å². The van der Waals surface area contributed by atoms with E-state index in [1.165, 1.54) is 0 Å². The Hall–Kier alpha value is -2.25. The summed E-state index contributed by atoms with van der Waals surface area (Å²) in [6.45, 7) is 5.74. The van der Waals surface area contributed by atoms with Crippen LogP contribution in [0.1, 0.15) is 45.0 Å². The molecule has 1 rings (SSSR count). The molecule has 1 atom stereocenters. The molecule has 1 aromatic heterocycles. The summed E-state index contributed by atoms with van der Waals surface area (Å²) < 4.78 is 0. The van der Waals surface area contributed by atoms with Gasteiger partial charge in [-0.25, -0.2) is 14.6 Å². The number of aromatic nitrogens is 3. The molecular formula is C13H21N5O3. The molecule has 0 radical (unpaired) electrons. The molecule has 21 heavy (non-hydrogen) atoms. The lowest BCUT2D eigenvalue weighted by atomic mass is 10.2. The molecule has 1 heterocycles. The zero-order chi connectivity index (χ0) is 15.8. The predicted octanol–water partition coefficient (Wildman–Crippen LogP) is 1.37. The molecule has 1 aromatic rings. The van der Waals surface area contributed by atoms with Gasteiger partial charge in [-0.15, -0.1) is 10.2 Å². The summed E-state index contributed by atoms with van der Waals surface area (Å²) in [4.78, 5) is 26.9. The number of nitrogens with one attached hydrogen (secondary N) is 2. The van der Waals surface area contributed by atoms with Crippen LogP contribution >= 0.6 is 0 Å². The number of hydrogen-bond acceptors (Lipinski definition) is 5. The second-order valence-corrected chi connectivity index (χ2v) is 4.51. The first-order valence-corrected chi connectivity index (χ1v) is 7.04. The van der Waals surface area contributed by atoms with Gasteiger partial charge in [0.05, 0.1) is 11.4 Å². The maximum absolute atomic E-state index is 11.8. The Morgan fingerprint density at radius 1 is 1.14 bits per heavy atom. The molecule has 0 saturated heterocycles. The van der Waals surface area contributed by atoms with Gasteiger partial charge < -0.3 is 10.4 Å². The van der Waals surface area contributed by atoms with Crippen molar-refractivity contribution in [3.05, 3.63) is 11.4 Å². The largest absolute Gasteiger partial charge is 0.480 e. The Balaban J connectivity index is 2.72. The highest BCUT2D eigenvalue weighted by molar-refractivity contribution is 5.90. The van der Waals surface area contributed by atoms with E-state index in [9.17, 15) is 9.59 Å². The van der Waals surface area contributed by atoms with E-state index >= 15 is 0 Å². The Kier molecular flexibility index (Phi) is 6.51. The fraction of sp³-hybridized carbons (Fsp3) is 0.615. The maximum atomic E-state index is 11.8. The zero-order valence-electron chi connectivity index (χ0n) is 12.5. The van der Waals surface area contributed by atoms with Gasteiger partial charge in [0, 0.05) is 0 Å². The summed E-state index contributed by atoms with van der Waals surface area (Å²) in [5.41, 5.74) is 1.56.